The molecular formula is C20H16N6O2S. The Hall–Kier alpha value is -3.85. The molecule has 29 heavy (non-hydrogen) atoms. The Morgan fingerprint density at radius 3 is 2.03 bits per heavy atom. The van der Waals surface area contributed by atoms with Gasteiger partial charge in [0, 0.05) is 11.1 Å². The average molecular weight is 404 g/mol. The zero-order valence-corrected chi connectivity index (χ0v) is 16.0. The molecular weight excluding hydrogens is 388 g/mol. The van der Waals surface area contributed by atoms with Crippen molar-refractivity contribution in [2.75, 3.05) is 11.5 Å². The van der Waals surface area contributed by atoms with Gasteiger partial charge >= 0.3 is 5.97 Å². The monoisotopic (exact) mass is 404 g/mol. The Labute approximate surface area is 170 Å². The van der Waals surface area contributed by atoms with Gasteiger partial charge < -0.3 is 16.2 Å². The molecule has 0 atom stereocenters. The highest BCUT2D eigenvalue weighted by Crippen LogP contribution is 2.34. The third-order valence-electron chi connectivity index (χ3n) is 3.93. The Morgan fingerprint density at radius 1 is 0.828 bits per heavy atom. The lowest BCUT2D eigenvalue weighted by atomic mass is 10.1. The van der Waals surface area contributed by atoms with Gasteiger partial charge in [-0.2, -0.15) is 15.0 Å². The van der Waals surface area contributed by atoms with E-state index in [0.29, 0.717) is 10.6 Å². The van der Waals surface area contributed by atoms with Crippen molar-refractivity contribution in [3.05, 3.63) is 71.4 Å². The smallest absolute Gasteiger partial charge is 0.351 e. The van der Waals surface area contributed by atoms with Crippen LogP contribution in [-0.4, -0.2) is 25.9 Å². The number of rotatable bonds is 5. The maximum Gasteiger partial charge on any atom is 0.351 e. The topological polar surface area (TPSA) is 130 Å². The highest BCUT2D eigenvalue weighted by atomic mass is 32.1. The van der Waals surface area contributed by atoms with Crippen molar-refractivity contribution in [2.24, 2.45) is 0 Å². The maximum atomic E-state index is 12.8. The number of carbonyl (C=O) groups excluding carboxylic acids is 1. The first-order chi connectivity index (χ1) is 14.1. The van der Waals surface area contributed by atoms with Gasteiger partial charge in [-0.3, -0.25) is 0 Å². The van der Waals surface area contributed by atoms with Crippen molar-refractivity contribution in [3.8, 4) is 21.8 Å². The molecule has 9 heteroatoms. The summed E-state index contributed by atoms with van der Waals surface area (Å²) in [6.45, 7) is -0.178. The van der Waals surface area contributed by atoms with Crippen LogP contribution in [0.3, 0.4) is 0 Å². The number of benzene rings is 2. The number of esters is 1. The first-order valence-electron chi connectivity index (χ1n) is 8.65. The number of anilines is 2. The van der Waals surface area contributed by atoms with E-state index in [0.717, 1.165) is 16.1 Å². The Morgan fingerprint density at radius 2 is 1.41 bits per heavy atom. The van der Waals surface area contributed by atoms with E-state index < -0.39 is 5.97 Å². The predicted octanol–water partition coefficient (Wildman–Crippen LogP) is 3.18. The Kier molecular flexibility index (Phi) is 5.12. The van der Waals surface area contributed by atoms with Gasteiger partial charge in [0.25, 0.3) is 0 Å². The second kappa shape index (κ2) is 8.03. The molecule has 2 aromatic heterocycles. The number of hydrogen-bond donors (Lipinski definition) is 2. The number of nitrogen functional groups attached to an aromatic ring is 2. The molecule has 0 radical (unpaired) electrons. The summed E-state index contributed by atoms with van der Waals surface area (Å²) in [6.07, 6.45) is 0. The van der Waals surface area contributed by atoms with Crippen molar-refractivity contribution in [2.45, 2.75) is 6.61 Å². The zero-order chi connectivity index (χ0) is 20.2. The Balaban J connectivity index is 1.66. The van der Waals surface area contributed by atoms with Crippen LogP contribution < -0.4 is 11.5 Å². The molecule has 0 aliphatic heterocycles. The lowest BCUT2D eigenvalue weighted by Gasteiger charge is -2.05. The van der Waals surface area contributed by atoms with Crippen molar-refractivity contribution in [1.82, 2.24) is 19.9 Å². The first-order valence-corrected chi connectivity index (χ1v) is 9.46. The first kappa shape index (κ1) is 18.5. The van der Waals surface area contributed by atoms with Crippen LogP contribution in [0.15, 0.2) is 60.7 Å². The summed E-state index contributed by atoms with van der Waals surface area (Å²) in [5, 5.41) is 0.727. The quantitative estimate of drug-likeness (QED) is 0.485. The van der Waals surface area contributed by atoms with E-state index in [1.165, 1.54) is 11.3 Å². The second-order valence-corrected chi connectivity index (χ2v) is 6.97. The van der Waals surface area contributed by atoms with Gasteiger partial charge in [0.1, 0.15) is 9.88 Å². The van der Waals surface area contributed by atoms with E-state index in [2.05, 4.69) is 15.0 Å². The van der Waals surface area contributed by atoms with Crippen LogP contribution in [0.4, 0.5) is 11.9 Å². The standard InChI is InChI=1S/C20H16N6O2S/c21-19-23-14(24-20(22)26-19)11-28-18(27)16-15(12-7-3-1-4-8-12)25-17(29-16)13-9-5-2-6-10-13/h1-10H,11H2,(H4,21,22,23,24,26). The van der Waals surface area contributed by atoms with Gasteiger partial charge in [-0.25, -0.2) is 9.78 Å². The summed E-state index contributed by atoms with van der Waals surface area (Å²) < 4.78 is 5.40. The molecule has 2 aromatic carbocycles. The van der Waals surface area contributed by atoms with Gasteiger partial charge in [0.15, 0.2) is 12.4 Å². The number of nitrogens with two attached hydrogens (primary N) is 2. The second-order valence-electron chi connectivity index (χ2n) is 5.97. The van der Waals surface area contributed by atoms with Crippen LogP contribution >= 0.6 is 11.3 Å². The van der Waals surface area contributed by atoms with Crippen molar-refractivity contribution in [1.29, 1.82) is 0 Å². The molecule has 144 valence electrons. The number of hydrogen-bond acceptors (Lipinski definition) is 9. The molecule has 0 aliphatic carbocycles. The number of nitrogens with zero attached hydrogens (tertiary/aromatic N) is 4. The number of ether oxygens (including phenoxy) is 1. The van der Waals surface area contributed by atoms with Crippen LogP contribution in [0.2, 0.25) is 0 Å². The van der Waals surface area contributed by atoms with E-state index in [9.17, 15) is 4.79 Å². The van der Waals surface area contributed by atoms with Gasteiger partial charge in [-0.05, 0) is 0 Å². The molecule has 4 rings (SSSR count). The van der Waals surface area contributed by atoms with Crippen LogP contribution in [0, 0.1) is 0 Å². The van der Waals surface area contributed by atoms with Gasteiger partial charge in [-0.1, -0.05) is 60.7 Å². The fourth-order valence-corrected chi connectivity index (χ4v) is 3.66. The van der Waals surface area contributed by atoms with Crippen molar-refractivity contribution >= 4 is 29.2 Å². The van der Waals surface area contributed by atoms with Crippen molar-refractivity contribution in [3.63, 3.8) is 0 Å². The van der Waals surface area contributed by atoms with E-state index in [-0.39, 0.29) is 24.3 Å². The number of thiazole rings is 1. The highest BCUT2D eigenvalue weighted by Gasteiger charge is 2.22. The Bertz CT molecular complexity index is 1130. The van der Waals surface area contributed by atoms with Crippen LogP contribution in [0.5, 0.6) is 0 Å². The fourth-order valence-electron chi connectivity index (χ4n) is 2.67. The lowest BCUT2D eigenvalue weighted by Crippen LogP contribution is -2.11. The normalized spacial score (nSPS) is 10.6. The molecule has 0 saturated carbocycles. The maximum absolute atomic E-state index is 12.8. The van der Waals surface area contributed by atoms with Crippen LogP contribution in [0.25, 0.3) is 21.8 Å². The summed E-state index contributed by atoms with van der Waals surface area (Å²) in [5.74, 6) is -0.408. The molecule has 0 aliphatic rings. The van der Waals surface area contributed by atoms with E-state index in [4.69, 9.17) is 21.2 Å². The molecule has 0 amide bonds. The zero-order valence-electron chi connectivity index (χ0n) is 15.1. The van der Waals surface area contributed by atoms with E-state index >= 15 is 0 Å². The summed E-state index contributed by atoms with van der Waals surface area (Å²) in [7, 11) is 0. The summed E-state index contributed by atoms with van der Waals surface area (Å²) in [5.41, 5.74) is 13.4. The van der Waals surface area contributed by atoms with E-state index in [1.54, 1.807) is 0 Å². The molecule has 0 bridgehead atoms. The molecule has 0 spiro atoms. The fraction of sp³-hybridized carbons (Fsp3) is 0.0500. The summed E-state index contributed by atoms with van der Waals surface area (Å²) in [6, 6.07) is 19.1. The molecule has 2 heterocycles. The minimum atomic E-state index is -0.527. The molecule has 0 unspecified atom stereocenters. The van der Waals surface area contributed by atoms with Gasteiger partial charge in [0.05, 0.1) is 5.69 Å². The van der Waals surface area contributed by atoms with Crippen LogP contribution in [0.1, 0.15) is 15.5 Å². The number of carbonyl (C=O) groups is 1. The molecule has 4 aromatic rings. The largest absolute Gasteiger partial charge is 0.453 e. The SMILES string of the molecule is Nc1nc(N)nc(COC(=O)c2sc(-c3ccccc3)nc2-c2ccccc2)n1. The van der Waals surface area contributed by atoms with Crippen molar-refractivity contribution < 1.29 is 9.53 Å². The molecule has 0 fully saturated rings. The summed E-state index contributed by atoms with van der Waals surface area (Å²) >= 11 is 1.27. The predicted molar refractivity (Wildman–Crippen MR) is 111 cm³/mol. The lowest BCUT2D eigenvalue weighted by molar-refractivity contribution is 0.0468. The van der Waals surface area contributed by atoms with Gasteiger partial charge in [-0.15, -0.1) is 11.3 Å². The average Bonchev–Trinajstić information content (AvgIpc) is 3.18. The van der Waals surface area contributed by atoms with Gasteiger partial charge in [0.2, 0.25) is 11.9 Å². The molecule has 4 N–H and O–H groups in total. The van der Waals surface area contributed by atoms with Crippen LogP contribution in [-0.2, 0) is 11.3 Å². The minimum absolute atomic E-state index is 0.0299. The number of aromatic nitrogens is 4. The third-order valence-corrected chi connectivity index (χ3v) is 5.01. The summed E-state index contributed by atoms with van der Waals surface area (Å²) in [4.78, 5) is 29.5. The van der Waals surface area contributed by atoms with E-state index in [1.807, 2.05) is 60.7 Å². The molecule has 0 saturated heterocycles. The minimum Gasteiger partial charge on any atom is -0.453 e. The highest BCUT2D eigenvalue weighted by molar-refractivity contribution is 7.17. The third kappa shape index (κ3) is 4.19. The molecule has 8 nitrogen and oxygen atoms in total.